The zero-order chi connectivity index (χ0) is 26.4. The van der Waals surface area contributed by atoms with Crippen LogP contribution in [0.2, 0.25) is 0 Å². The van der Waals surface area contributed by atoms with Crippen LogP contribution >= 0.6 is 0 Å². The monoisotopic (exact) mass is 518 g/mol. The van der Waals surface area contributed by atoms with E-state index in [4.69, 9.17) is 33.5 Å². The Morgan fingerprint density at radius 1 is 0.947 bits per heavy atom. The first-order valence-corrected chi connectivity index (χ1v) is 12.1. The topological polar surface area (TPSA) is 108 Å². The second-order valence-corrected chi connectivity index (χ2v) is 8.92. The second kappa shape index (κ2) is 9.37. The van der Waals surface area contributed by atoms with E-state index in [1.54, 1.807) is 19.2 Å². The van der Waals surface area contributed by atoms with E-state index in [1.807, 2.05) is 41.4 Å². The molecule has 6 rings (SSSR count). The van der Waals surface area contributed by atoms with Gasteiger partial charge in [0.15, 0.2) is 34.5 Å². The van der Waals surface area contributed by atoms with Gasteiger partial charge in [-0.2, -0.15) is 5.10 Å². The summed E-state index contributed by atoms with van der Waals surface area (Å²) in [5.74, 6) is 1.72. The standard InChI is InChI=1S/C28H26N2O8/c1-33-21-6-4-5-16-19-14-18(15-7-9-20-23(13-15)37-12-11-36-20)29-30(19)27(38-25(16)21)17-8-10-22(34-2)26(35-3)24(17)28(31)32/h4-10,13,19,27H,11-12,14H2,1-3H3,(H,31,32). The third-order valence-corrected chi connectivity index (χ3v) is 6.93. The molecule has 0 bridgehead atoms. The summed E-state index contributed by atoms with van der Waals surface area (Å²) < 4.78 is 34.4. The Labute approximate surface area is 218 Å². The summed E-state index contributed by atoms with van der Waals surface area (Å²) in [4.78, 5) is 12.5. The van der Waals surface area contributed by atoms with E-state index in [0.29, 0.717) is 53.9 Å². The van der Waals surface area contributed by atoms with Crippen LogP contribution in [0.25, 0.3) is 0 Å². The molecule has 0 radical (unpaired) electrons. The number of rotatable bonds is 6. The van der Waals surface area contributed by atoms with E-state index >= 15 is 0 Å². The lowest BCUT2D eigenvalue weighted by molar-refractivity contribution is -0.0217. The summed E-state index contributed by atoms with van der Waals surface area (Å²) in [6, 6.07) is 14.6. The quantitative estimate of drug-likeness (QED) is 0.507. The molecule has 3 aliphatic heterocycles. The van der Waals surface area contributed by atoms with Crippen molar-refractivity contribution >= 4 is 11.7 Å². The van der Waals surface area contributed by atoms with E-state index < -0.39 is 12.2 Å². The maximum absolute atomic E-state index is 12.5. The maximum atomic E-state index is 12.5. The van der Waals surface area contributed by atoms with Crippen LogP contribution < -0.4 is 28.4 Å². The Morgan fingerprint density at radius 2 is 1.74 bits per heavy atom. The number of carbonyl (C=O) groups is 1. The van der Waals surface area contributed by atoms with Gasteiger partial charge in [-0.05, 0) is 36.4 Å². The minimum atomic E-state index is -1.17. The summed E-state index contributed by atoms with van der Waals surface area (Å²) >= 11 is 0. The normalized spacial score (nSPS) is 19.0. The third kappa shape index (κ3) is 3.71. The Kier molecular flexibility index (Phi) is 5.86. The zero-order valence-corrected chi connectivity index (χ0v) is 21.1. The van der Waals surface area contributed by atoms with E-state index in [2.05, 4.69) is 0 Å². The molecule has 0 amide bonds. The summed E-state index contributed by atoms with van der Waals surface area (Å²) in [7, 11) is 4.44. The molecule has 196 valence electrons. The molecule has 10 nitrogen and oxygen atoms in total. The van der Waals surface area contributed by atoms with Gasteiger partial charge >= 0.3 is 5.97 Å². The number of hydrogen-bond donors (Lipinski definition) is 1. The minimum Gasteiger partial charge on any atom is -0.493 e. The Balaban J connectivity index is 1.50. The zero-order valence-electron chi connectivity index (χ0n) is 21.1. The molecule has 2 atom stereocenters. The fraction of sp³-hybridized carbons (Fsp3) is 0.286. The SMILES string of the molecule is COc1cccc2c1OC(c1ccc(OC)c(OC)c1C(=O)O)N1N=C(c3ccc4c(c3)OCCO4)CC21. The first kappa shape index (κ1) is 23.8. The predicted molar refractivity (Wildman–Crippen MR) is 136 cm³/mol. The predicted octanol–water partition coefficient (Wildman–Crippen LogP) is 4.42. The van der Waals surface area contributed by atoms with Crippen LogP contribution in [-0.2, 0) is 0 Å². The molecule has 0 fully saturated rings. The molecule has 3 aliphatic rings. The maximum Gasteiger partial charge on any atom is 0.340 e. The molecule has 1 N–H and O–H groups in total. The molecule has 0 aromatic heterocycles. The number of benzene rings is 3. The summed E-state index contributed by atoms with van der Waals surface area (Å²) in [6.07, 6.45) is -0.306. The lowest BCUT2D eigenvalue weighted by Gasteiger charge is -2.39. The third-order valence-electron chi connectivity index (χ3n) is 6.93. The van der Waals surface area contributed by atoms with Gasteiger partial charge in [0.1, 0.15) is 18.8 Å². The molecule has 3 heterocycles. The molecule has 38 heavy (non-hydrogen) atoms. The van der Waals surface area contributed by atoms with Gasteiger partial charge in [0.05, 0.1) is 33.1 Å². The van der Waals surface area contributed by atoms with Crippen LogP contribution in [0.1, 0.15) is 45.7 Å². The molecule has 2 unspecified atom stereocenters. The number of hydrogen-bond acceptors (Lipinski definition) is 9. The number of carboxylic acid groups (broad SMARTS) is 1. The average molecular weight is 519 g/mol. The van der Waals surface area contributed by atoms with Gasteiger partial charge in [0, 0.05) is 23.1 Å². The lowest BCUT2D eigenvalue weighted by Crippen LogP contribution is -2.35. The largest absolute Gasteiger partial charge is 0.493 e. The summed E-state index contributed by atoms with van der Waals surface area (Å²) in [5.41, 5.74) is 2.92. The summed E-state index contributed by atoms with van der Waals surface area (Å²) in [6.45, 7) is 0.996. The van der Waals surface area contributed by atoms with Crippen molar-refractivity contribution in [1.29, 1.82) is 0 Å². The van der Waals surface area contributed by atoms with Gasteiger partial charge in [-0.3, -0.25) is 0 Å². The number of ether oxygens (including phenoxy) is 6. The molecule has 10 heteroatoms. The van der Waals surface area contributed by atoms with E-state index in [-0.39, 0.29) is 17.4 Å². The minimum absolute atomic E-state index is 0.0584. The van der Waals surface area contributed by atoms with Crippen LogP contribution in [0.15, 0.2) is 53.6 Å². The van der Waals surface area contributed by atoms with Crippen molar-refractivity contribution in [2.45, 2.75) is 18.7 Å². The highest BCUT2D eigenvalue weighted by Gasteiger charge is 2.44. The van der Waals surface area contributed by atoms with Crippen molar-refractivity contribution in [3.63, 3.8) is 0 Å². The molecule has 0 aliphatic carbocycles. The highest BCUT2D eigenvalue weighted by Crippen LogP contribution is 2.52. The molecule has 0 spiro atoms. The Hall–Kier alpha value is -4.60. The van der Waals surface area contributed by atoms with Crippen LogP contribution in [0.4, 0.5) is 0 Å². The molecule has 0 saturated carbocycles. The van der Waals surface area contributed by atoms with Gasteiger partial charge in [-0.1, -0.05) is 12.1 Å². The molecular weight excluding hydrogens is 492 g/mol. The number of hydrazone groups is 1. The van der Waals surface area contributed by atoms with Crippen LogP contribution in [0, 0.1) is 0 Å². The fourth-order valence-electron chi connectivity index (χ4n) is 5.22. The lowest BCUT2D eigenvalue weighted by atomic mass is 9.94. The number of para-hydroxylation sites is 1. The first-order chi connectivity index (χ1) is 18.5. The molecule has 0 saturated heterocycles. The van der Waals surface area contributed by atoms with Crippen molar-refractivity contribution in [2.75, 3.05) is 34.5 Å². The first-order valence-electron chi connectivity index (χ1n) is 12.1. The Bertz CT molecular complexity index is 1450. The van der Waals surface area contributed by atoms with Crippen molar-refractivity contribution in [3.05, 3.63) is 70.8 Å². The van der Waals surface area contributed by atoms with Crippen molar-refractivity contribution < 1.29 is 38.3 Å². The highest BCUT2D eigenvalue weighted by atomic mass is 16.6. The summed E-state index contributed by atoms with van der Waals surface area (Å²) in [5, 5.41) is 17.0. The van der Waals surface area contributed by atoms with Crippen LogP contribution in [0.5, 0.6) is 34.5 Å². The van der Waals surface area contributed by atoms with Gasteiger partial charge in [-0.15, -0.1) is 0 Å². The van der Waals surface area contributed by atoms with Gasteiger partial charge in [0.25, 0.3) is 0 Å². The van der Waals surface area contributed by atoms with E-state index in [0.717, 1.165) is 16.8 Å². The number of carboxylic acids is 1. The average Bonchev–Trinajstić information content (AvgIpc) is 3.41. The fourth-order valence-corrected chi connectivity index (χ4v) is 5.22. The van der Waals surface area contributed by atoms with Crippen LogP contribution in [-0.4, -0.2) is 56.3 Å². The van der Waals surface area contributed by atoms with Crippen LogP contribution in [0.3, 0.4) is 0 Å². The van der Waals surface area contributed by atoms with E-state index in [1.165, 1.54) is 14.2 Å². The van der Waals surface area contributed by atoms with Crippen molar-refractivity contribution in [2.24, 2.45) is 5.10 Å². The number of nitrogens with zero attached hydrogens (tertiary/aromatic N) is 2. The number of methoxy groups -OCH3 is 3. The van der Waals surface area contributed by atoms with E-state index in [9.17, 15) is 9.90 Å². The second-order valence-electron chi connectivity index (χ2n) is 8.92. The number of aromatic carboxylic acids is 1. The van der Waals surface area contributed by atoms with Gasteiger partial charge in [0.2, 0.25) is 6.23 Å². The van der Waals surface area contributed by atoms with Gasteiger partial charge in [-0.25, -0.2) is 9.80 Å². The highest BCUT2D eigenvalue weighted by molar-refractivity contribution is 6.02. The molecular formula is C28H26N2O8. The van der Waals surface area contributed by atoms with Crippen molar-refractivity contribution in [1.82, 2.24) is 5.01 Å². The van der Waals surface area contributed by atoms with Gasteiger partial charge < -0.3 is 33.5 Å². The van der Waals surface area contributed by atoms with Crippen molar-refractivity contribution in [3.8, 4) is 34.5 Å². The Morgan fingerprint density at radius 3 is 2.47 bits per heavy atom. The smallest absolute Gasteiger partial charge is 0.340 e. The number of fused-ring (bicyclic) bond motifs is 4. The molecule has 3 aromatic rings. The molecule has 3 aromatic carbocycles.